The van der Waals surface area contributed by atoms with Crippen LogP contribution < -0.4 is 10.0 Å². The van der Waals surface area contributed by atoms with E-state index in [4.69, 9.17) is 11.6 Å². The number of carbonyl (C=O) groups excluding carboxylic acids is 1. The van der Waals surface area contributed by atoms with E-state index < -0.39 is 15.9 Å². The molecule has 23 heavy (non-hydrogen) atoms. The fourth-order valence-electron chi connectivity index (χ4n) is 2.29. The Morgan fingerprint density at radius 2 is 1.91 bits per heavy atom. The van der Waals surface area contributed by atoms with Crippen LogP contribution in [0.4, 0.5) is 0 Å². The lowest BCUT2D eigenvalue weighted by Crippen LogP contribution is -2.40. The van der Waals surface area contributed by atoms with Crippen molar-refractivity contribution in [2.75, 3.05) is 34.2 Å². The summed E-state index contributed by atoms with van der Waals surface area (Å²) in [5.74, 6) is -0.394. The van der Waals surface area contributed by atoms with Crippen molar-refractivity contribution >= 4 is 27.5 Å². The van der Waals surface area contributed by atoms with Crippen LogP contribution in [0.2, 0.25) is 5.02 Å². The van der Waals surface area contributed by atoms with Crippen LogP contribution in [-0.4, -0.2) is 53.5 Å². The molecule has 0 atom stereocenters. The van der Waals surface area contributed by atoms with Gasteiger partial charge in [-0.15, -0.1) is 0 Å². The summed E-state index contributed by atoms with van der Waals surface area (Å²) in [7, 11) is 1.62. The van der Waals surface area contributed by atoms with Crippen LogP contribution in [0.1, 0.15) is 24.2 Å². The number of benzene rings is 1. The molecule has 0 aliphatic carbocycles. The molecule has 1 amide bonds. The zero-order chi connectivity index (χ0) is 17.8. The monoisotopic (exact) mass is 361 g/mol. The number of rotatable bonds is 7. The minimum atomic E-state index is -3.63. The molecule has 0 saturated heterocycles. The third-order valence-corrected chi connectivity index (χ3v) is 4.97. The van der Waals surface area contributed by atoms with E-state index in [-0.39, 0.29) is 20.9 Å². The van der Waals surface area contributed by atoms with Crippen molar-refractivity contribution in [3.8, 4) is 0 Å². The average molecular weight is 362 g/mol. The van der Waals surface area contributed by atoms with Crippen molar-refractivity contribution in [2.45, 2.75) is 18.7 Å². The Kier molecular flexibility index (Phi) is 6.59. The summed E-state index contributed by atoms with van der Waals surface area (Å²) >= 11 is 6.03. The van der Waals surface area contributed by atoms with Crippen molar-refractivity contribution < 1.29 is 13.2 Å². The van der Waals surface area contributed by atoms with E-state index in [0.717, 1.165) is 6.54 Å². The normalized spacial score (nSPS) is 12.5. The summed E-state index contributed by atoms with van der Waals surface area (Å²) in [5, 5.41) is 3.03. The standard InChI is InChI=1S/C15H24ClN3O3S/c1-15(2,10-19(4)5)9-18-14(20)12-8-11(6-7-13(12)16)23(21,22)17-3/h6-8,17H,9-10H2,1-5H3,(H,18,20). The number of carbonyl (C=O) groups is 1. The molecule has 1 rings (SSSR count). The first-order chi connectivity index (χ1) is 10.5. The first kappa shape index (κ1) is 19.9. The number of nitrogens with zero attached hydrogens (tertiary/aromatic N) is 1. The molecule has 130 valence electrons. The fraction of sp³-hybridized carbons (Fsp3) is 0.533. The van der Waals surface area contributed by atoms with E-state index in [9.17, 15) is 13.2 Å². The Morgan fingerprint density at radius 1 is 1.30 bits per heavy atom. The predicted molar refractivity (Wildman–Crippen MR) is 92.4 cm³/mol. The Labute approximate surface area is 143 Å². The Morgan fingerprint density at radius 3 is 2.43 bits per heavy atom. The second-order valence-electron chi connectivity index (χ2n) is 6.43. The van der Waals surface area contributed by atoms with Gasteiger partial charge in [0.2, 0.25) is 10.0 Å². The van der Waals surface area contributed by atoms with E-state index >= 15 is 0 Å². The van der Waals surface area contributed by atoms with E-state index in [0.29, 0.717) is 6.54 Å². The number of amides is 1. The number of hydrogen-bond donors (Lipinski definition) is 2. The highest BCUT2D eigenvalue weighted by Gasteiger charge is 2.22. The van der Waals surface area contributed by atoms with Crippen LogP contribution in [-0.2, 0) is 10.0 Å². The van der Waals surface area contributed by atoms with Gasteiger partial charge in [-0.25, -0.2) is 13.1 Å². The lowest BCUT2D eigenvalue weighted by Gasteiger charge is -2.28. The molecule has 1 aromatic carbocycles. The van der Waals surface area contributed by atoms with Crippen molar-refractivity contribution in [1.29, 1.82) is 0 Å². The molecule has 8 heteroatoms. The summed E-state index contributed by atoms with van der Waals surface area (Å²) in [6, 6.07) is 4.05. The molecule has 6 nitrogen and oxygen atoms in total. The topological polar surface area (TPSA) is 78.5 Å². The zero-order valence-electron chi connectivity index (χ0n) is 14.1. The molecule has 1 aromatic rings. The maximum atomic E-state index is 12.3. The van der Waals surface area contributed by atoms with E-state index in [2.05, 4.69) is 10.0 Å². The number of hydrogen-bond acceptors (Lipinski definition) is 4. The molecule has 0 unspecified atom stereocenters. The quantitative estimate of drug-likeness (QED) is 0.772. The largest absolute Gasteiger partial charge is 0.351 e. The molecule has 0 spiro atoms. The second-order valence-corrected chi connectivity index (χ2v) is 8.73. The predicted octanol–water partition coefficient (Wildman–Crippen LogP) is 1.57. The molecule has 0 aromatic heterocycles. The molecule has 0 aliphatic heterocycles. The molecule has 2 N–H and O–H groups in total. The molecule has 0 aliphatic rings. The highest BCUT2D eigenvalue weighted by atomic mass is 35.5. The lowest BCUT2D eigenvalue weighted by molar-refractivity contribution is 0.0929. The fourth-order valence-corrected chi connectivity index (χ4v) is 3.25. The molecular weight excluding hydrogens is 338 g/mol. The van der Waals surface area contributed by atoms with Crippen LogP contribution >= 0.6 is 11.6 Å². The lowest BCUT2D eigenvalue weighted by atomic mass is 9.93. The van der Waals surface area contributed by atoms with Crippen molar-refractivity contribution in [3.05, 3.63) is 28.8 Å². The van der Waals surface area contributed by atoms with Crippen molar-refractivity contribution in [3.63, 3.8) is 0 Å². The summed E-state index contributed by atoms with van der Waals surface area (Å²) in [4.78, 5) is 14.4. The third kappa shape index (κ3) is 5.76. The van der Waals surface area contributed by atoms with Gasteiger partial charge in [0.25, 0.3) is 5.91 Å². The third-order valence-electron chi connectivity index (χ3n) is 3.23. The maximum absolute atomic E-state index is 12.3. The summed E-state index contributed by atoms with van der Waals surface area (Å²) < 4.78 is 25.9. The Bertz CT molecular complexity index is 673. The Balaban J connectivity index is 2.94. The van der Waals surface area contributed by atoms with Gasteiger partial charge in [0.1, 0.15) is 0 Å². The maximum Gasteiger partial charge on any atom is 0.252 e. The molecule has 0 saturated carbocycles. The van der Waals surface area contributed by atoms with Gasteiger partial charge < -0.3 is 10.2 Å². The van der Waals surface area contributed by atoms with Gasteiger partial charge in [-0.2, -0.15) is 0 Å². The smallest absolute Gasteiger partial charge is 0.252 e. The minimum Gasteiger partial charge on any atom is -0.351 e. The van der Waals surface area contributed by atoms with Gasteiger partial charge in [0.05, 0.1) is 15.5 Å². The second kappa shape index (κ2) is 7.61. The molecule has 0 heterocycles. The number of sulfonamides is 1. The van der Waals surface area contributed by atoms with Gasteiger partial charge >= 0.3 is 0 Å². The molecular formula is C15H24ClN3O3S. The van der Waals surface area contributed by atoms with Gasteiger partial charge in [-0.05, 0) is 44.8 Å². The minimum absolute atomic E-state index is 0.00195. The molecule has 0 bridgehead atoms. The molecule has 0 fully saturated rings. The average Bonchev–Trinajstić information content (AvgIpc) is 2.43. The highest BCUT2D eigenvalue weighted by molar-refractivity contribution is 7.89. The van der Waals surface area contributed by atoms with Crippen LogP contribution in [0, 0.1) is 5.41 Å². The van der Waals surface area contributed by atoms with Crippen LogP contribution in [0.5, 0.6) is 0 Å². The number of nitrogens with one attached hydrogen (secondary N) is 2. The van der Waals surface area contributed by atoms with Crippen LogP contribution in [0.15, 0.2) is 23.1 Å². The molecule has 0 radical (unpaired) electrons. The first-order valence-corrected chi connectivity index (χ1v) is 9.01. The van der Waals surface area contributed by atoms with Crippen LogP contribution in [0.3, 0.4) is 0 Å². The van der Waals surface area contributed by atoms with E-state index in [1.54, 1.807) is 0 Å². The van der Waals surface area contributed by atoms with Crippen molar-refractivity contribution in [2.24, 2.45) is 5.41 Å². The van der Waals surface area contributed by atoms with Gasteiger partial charge in [0.15, 0.2) is 0 Å². The van der Waals surface area contributed by atoms with E-state index in [1.807, 2.05) is 32.8 Å². The van der Waals surface area contributed by atoms with E-state index in [1.165, 1.54) is 25.2 Å². The highest BCUT2D eigenvalue weighted by Crippen LogP contribution is 2.21. The van der Waals surface area contributed by atoms with Gasteiger partial charge in [0, 0.05) is 13.1 Å². The van der Waals surface area contributed by atoms with Crippen LogP contribution in [0.25, 0.3) is 0 Å². The van der Waals surface area contributed by atoms with Gasteiger partial charge in [-0.1, -0.05) is 25.4 Å². The summed E-state index contributed by atoms with van der Waals surface area (Å²) in [6.45, 7) is 5.33. The Hall–Kier alpha value is -1.15. The summed E-state index contributed by atoms with van der Waals surface area (Å²) in [6.07, 6.45) is 0. The van der Waals surface area contributed by atoms with Crippen molar-refractivity contribution in [1.82, 2.24) is 14.9 Å². The summed E-state index contributed by atoms with van der Waals surface area (Å²) in [5.41, 5.74) is 0.0176. The first-order valence-electron chi connectivity index (χ1n) is 7.14. The SMILES string of the molecule is CNS(=O)(=O)c1ccc(Cl)c(C(=O)NCC(C)(C)CN(C)C)c1. The zero-order valence-corrected chi connectivity index (χ0v) is 15.7. The van der Waals surface area contributed by atoms with Gasteiger partial charge in [-0.3, -0.25) is 4.79 Å². The number of halogens is 1.